The number of ether oxygens (including phenoxy) is 1. The second kappa shape index (κ2) is 10.3. The number of pyridine rings is 1. The Bertz CT molecular complexity index is 836. The van der Waals surface area contributed by atoms with Gasteiger partial charge in [-0.25, -0.2) is 9.78 Å². The zero-order valence-electron chi connectivity index (χ0n) is 16.8. The van der Waals surface area contributed by atoms with Crippen molar-refractivity contribution in [2.75, 3.05) is 55.8 Å². The highest BCUT2D eigenvalue weighted by Crippen LogP contribution is 2.20. The molecular weight excluding hydrogens is 388 g/mol. The molecule has 1 N–H and O–H groups in total. The van der Waals surface area contributed by atoms with Gasteiger partial charge < -0.3 is 19.9 Å². The monoisotopic (exact) mass is 414 g/mol. The molecule has 0 atom stereocenters. The van der Waals surface area contributed by atoms with Gasteiger partial charge in [-0.1, -0.05) is 6.92 Å². The maximum Gasteiger partial charge on any atom is 0.341 e. The Morgan fingerprint density at radius 2 is 1.86 bits per heavy atom. The number of thioether (sulfide) groups is 1. The van der Waals surface area contributed by atoms with E-state index in [1.165, 1.54) is 11.8 Å². The molecule has 0 saturated carbocycles. The zero-order valence-corrected chi connectivity index (χ0v) is 17.6. The van der Waals surface area contributed by atoms with Crippen molar-refractivity contribution in [1.82, 2.24) is 9.88 Å². The second-order valence-corrected chi connectivity index (χ2v) is 7.45. The summed E-state index contributed by atoms with van der Waals surface area (Å²) in [5, 5.41) is 3.34. The molecule has 1 aliphatic rings. The van der Waals surface area contributed by atoms with Gasteiger partial charge in [0.05, 0.1) is 5.56 Å². The number of carbonyl (C=O) groups is 2. The number of amides is 1. The van der Waals surface area contributed by atoms with Crippen molar-refractivity contribution >= 4 is 35.0 Å². The summed E-state index contributed by atoms with van der Waals surface area (Å²) in [6.45, 7) is 7.06. The lowest BCUT2D eigenvalue weighted by Crippen LogP contribution is -2.46. The minimum absolute atomic E-state index is 0.345. The molecule has 0 bridgehead atoms. The first kappa shape index (κ1) is 21.1. The third-order valence-corrected chi connectivity index (χ3v) is 5.57. The fraction of sp³-hybridized carbons (Fsp3) is 0.381. The van der Waals surface area contributed by atoms with Gasteiger partial charge >= 0.3 is 5.97 Å². The molecule has 3 rings (SSSR count). The van der Waals surface area contributed by atoms with Crippen LogP contribution in [0.25, 0.3) is 0 Å². The smallest absolute Gasteiger partial charge is 0.341 e. The highest BCUT2D eigenvalue weighted by atomic mass is 32.2. The molecule has 1 aromatic heterocycles. The van der Waals surface area contributed by atoms with Crippen LogP contribution in [-0.4, -0.2) is 67.3 Å². The maximum atomic E-state index is 12.2. The molecule has 7 nitrogen and oxygen atoms in total. The lowest BCUT2D eigenvalue weighted by Gasteiger charge is -2.35. The van der Waals surface area contributed by atoms with Crippen molar-refractivity contribution in [3.63, 3.8) is 0 Å². The predicted octanol–water partition coefficient (Wildman–Crippen LogP) is 2.74. The average Bonchev–Trinajstić information content (AvgIpc) is 2.78. The fourth-order valence-electron chi connectivity index (χ4n) is 3.19. The maximum absolute atomic E-state index is 12.2. The van der Waals surface area contributed by atoms with Crippen LogP contribution >= 0.6 is 11.8 Å². The van der Waals surface area contributed by atoms with E-state index in [4.69, 9.17) is 4.74 Å². The number of carbonyl (C=O) groups excluding carboxylic acids is 2. The number of piperazine rings is 1. The molecule has 0 unspecified atom stereocenters. The molecule has 2 aromatic rings. The minimum atomic E-state index is -0.556. The van der Waals surface area contributed by atoms with Gasteiger partial charge in [0.1, 0.15) is 5.03 Å². The number of aromatic nitrogens is 1. The lowest BCUT2D eigenvalue weighted by atomic mass is 10.2. The number of hydrogen-bond donors (Lipinski definition) is 1. The van der Waals surface area contributed by atoms with Gasteiger partial charge in [-0.2, -0.15) is 0 Å². The first-order chi connectivity index (χ1) is 14.1. The predicted molar refractivity (Wildman–Crippen MR) is 116 cm³/mol. The van der Waals surface area contributed by atoms with Gasteiger partial charge in [0.15, 0.2) is 6.61 Å². The van der Waals surface area contributed by atoms with Gasteiger partial charge in [0.25, 0.3) is 5.91 Å². The van der Waals surface area contributed by atoms with Crippen LogP contribution < -0.4 is 10.2 Å². The van der Waals surface area contributed by atoms with Crippen LogP contribution in [0.4, 0.5) is 11.4 Å². The van der Waals surface area contributed by atoms with E-state index in [1.54, 1.807) is 18.3 Å². The lowest BCUT2D eigenvalue weighted by molar-refractivity contribution is -0.119. The minimum Gasteiger partial charge on any atom is -0.452 e. The number of esters is 1. The largest absolute Gasteiger partial charge is 0.452 e. The SMILES string of the molecule is CCN1CCN(c2ccc(NC(=O)COC(=O)c3cccnc3SC)cc2)CC1. The number of nitrogens with one attached hydrogen (secondary N) is 1. The first-order valence-corrected chi connectivity index (χ1v) is 10.9. The second-order valence-electron chi connectivity index (χ2n) is 6.65. The van der Waals surface area contributed by atoms with Gasteiger partial charge in [0.2, 0.25) is 0 Å². The molecule has 1 aliphatic heterocycles. The van der Waals surface area contributed by atoms with Gasteiger partial charge in [-0.05, 0) is 49.2 Å². The van der Waals surface area contributed by atoms with Crippen LogP contribution in [0.5, 0.6) is 0 Å². The summed E-state index contributed by atoms with van der Waals surface area (Å²) in [6.07, 6.45) is 3.45. The van der Waals surface area contributed by atoms with Crippen LogP contribution in [0.1, 0.15) is 17.3 Å². The first-order valence-electron chi connectivity index (χ1n) is 9.64. The molecule has 1 amide bonds. The highest BCUT2D eigenvalue weighted by Gasteiger charge is 2.17. The van der Waals surface area contributed by atoms with E-state index < -0.39 is 5.97 Å². The molecule has 154 valence electrons. The van der Waals surface area contributed by atoms with E-state index in [1.807, 2.05) is 30.5 Å². The molecule has 1 aromatic carbocycles. The molecular formula is C21H26N4O3S. The number of rotatable bonds is 7. The standard InChI is InChI=1S/C21H26N4O3S/c1-3-24-11-13-25(14-12-24)17-8-6-16(7-9-17)23-19(26)15-28-21(27)18-5-4-10-22-20(18)29-2/h4-10H,3,11-15H2,1-2H3,(H,23,26). The van der Waals surface area contributed by atoms with Crippen LogP contribution in [-0.2, 0) is 9.53 Å². The molecule has 8 heteroatoms. The summed E-state index contributed by atoms with van der Waals surface area (Å²) < 4.78 is 5.13. The third kappa shape index (κ3) is 5.71. The summed E-state index contributed by atoms with van der Waals surface area (Å²) in [7, 11) is 0. The number of nitrogens with zero attached hydrogens (tertiary/aromatic N) is 3. The highest BCUT2D eigenvalue weighted by molar-refractivity contribution is 7.98. The number of hydrogen-bond acceptors (Lipinski definition) is 7. The molecule has 29 heavy (non-hydrogen) atoms. The van der Waals surface area contributed by atoms with E-state index in [0.717, 1.165) is 38.4 Å². The zero-order chi connectivity index (χ0) is 20.6. The normalized spacial score (nSPS) is 14.5. The van der Waals surface area contributed by atoms with E-state index >= 15 is 0 Å². The van der Waals surface area contributed by atoms with Crippen molar-refractivity contribution in [2.45, 2.75) is 11.9 Å². The van der Waals surface area contributed by atoms with Crippen molar-refractivity contribution in [3.8, 4) is 0 Å². The Morgan fingerprint density at radius 3 is 2.52 bits per heavy atom. The third-order valence-electron chi connectivity index (χ3n) is 4.85. The quantitative estimate of drug-likeness (QED) is 0.552. The van der Waals surface area contributed by atoms with Crippen molar-refractivity contribution in [2.24, 2.45) is 0 Å². The molecule has 1 saturated heterocycles. The van der Waals surface area contributed by atoms with Crippen LogP contribution in [0.3, 0.4) is 0 Å². The molecule has 1 fully saturated rings. The van der Waals surface area contributed by atoms with E-state index in [9.17, 15) is 9.59 Å². The number of benzene rings is 1. The Labute approximate surface area is 175 Å². The van der Waals surface area contributed by atoms with Crippen molar-refractivity contribution in [3.05, 3.63) is 48.2 Å². The molecule has 2 heterocycles. The fourth-order valence-corrected chi connectivity index (χ4v) is 3.73. The number of likely N-dealkylation sites (N-methyl/N-ethyl adjacent to an activating group) is 1. The molecule has 0 radical (unpaired) electrons. The summed E-state index contributed by atoms with van der Waals surface area (Å²) in [5.41, 5.74) is 2.18. The van der Waals surface area contributed by atoms with Crippen LogP contribution in [0.2, 0.25) is 0 Å². The Morgan fingerprint density at radius 1 is 1.14 bits per heavy atom. The molecule has 0 aliphatic carbocycles. The van der Waals surface area contributed by atoms with Gasteiger partial charge in [-0.15, -0.1) is 11.8 Å². The number of anilines is 2. The van der Waals surface area contributed by atoms with Gasteiger partial charge in [-0.3, -0.25) is 4.79 Å². The Balaban J connectivity index is 1.49. The summed E-state index contributed by atoms with van der Waals surface area (Å²) in [4.78, 5) is 33.2. The Kier molecular flexibility index (Phi) is 7.48. The van der Waals surface area contributed by atoms with Crippen molar-refractivity contribution < 1.29 is 14.3 Å². The summed E-state index contributed by atoms with van der Waals surface area (Å²) in [6, 6.07) is 11.0. The topological polar surface area (TPSA) is 74.8 Å². The van der Waals surface area contributed by atoms with E-state index in [0.29, 0.717) is 16.3 Å². The van der Waals surface area contributed by atoms with Crippen LogP contribution in [0.15, 0.2) is 47.6 Å². The average molecular weight is 415 g/mol. The van der Waals surface area contributed by atoms with Crippen LogP contribution in [0, 0.1) is 0 Å². The van der Waals surface area contributed by atoms with E-state index in [-0.39, 0.29) is 12.5 Å². The van der Waals surface area contributed by atoms with Gasteiger partial charge in [0, 0.05) is 43.8 Å². The summed E-state index contributed by atoms with van der Waals surface area (Å²) in [5.74, 6) is -0.934. The van der Waals surface area contributed by atoms with Crippen molar-refractivity contribution in [1.29, 1.82) is 0 Å². The Hall–Kier alpha value is -2.58. The van der Waals surface area contributed by atoms with E-state index in [2.05, 4.69) is 27.0 Å². The molecule has 0 spiro atoms. The summed E-state index contributed by atoms with van der Waals surface area (Å²) >= 11 is 1.36.